The molecule has 20 heavy (non-hydrogen) atoms. The van der Waals surface area contributed by atoms with E-state index < -0.39 is 5.91 Å². The van der Waals surface area contributed by atoms with E-state index in [0.29, 0.717) is 0 Å². The molecule has 1 aromatic rings. The van der Waals surface area contributed by atoms with Crippen LogP contribution in [-0.4, -0.2) is 42.5 Å². The second-order valence-corrected chi connectivity index (χ2v) is 5.92. The molecule has 1 aromatic carbocycles. The lowest BCUT2D eigenvalue weighted by atomic mass is 10.1. The van der Waals surface area contributed by atoms with Gasteiger partial charge < -0.3 is 10.5 Å². The van der Waals surface area contributed by atoms with Crippen LogP contribution in [0.1, 0.15) is 11.1 Å². The number of rotatable bonds is 5. The fourth-order valence-corrected chi connectivity index (χ4v) is 3.18. The number of hydrogen-bond acceptors (Lipinski definition) is 4. The lowest BCUT2D eigenvalue weighted by Gasteiger charge is -2.26. The van der Waals surface area contributed by atoms with Crippen LogP contribution in [0, 0.1) is 0 Å². The van der Waals surface area contributed by atoms with Crippen LogP contribution in [0.3, 0.4) is 0 Å². The topological polar surface area (TPSA) is 55.6 Å². The summed E-state index contributed by atoms with van der Waals surface area (Å²) in [6, 6.07) is 5.92. The van der Waals surface area contributed by atoms with Crippen molar-refractivity contribution in [2.45, 2.75) is 6.54 Å². The Kier molecular flexibility index (Phi) is 5.49. The summed E-state index contributed by atoms with van der Waals surface area (Å²) in [5.74, 6) is 2.82. The van der Waals surface area contributed by atoms with Gasteiger partial charge in [-0.15, -0.1) is 0 Å². The van der Waals surface area contributed by atoms with Gasteiger partial charge in [0.25, 0.3) is 0 Å². The van der Waals surface area contributed by atoms with Crippen molar-refractivity contribution >= 4 is 23.7 Å². The van der Waals surface area contributed by atoms with Crippen LogP contribution in [0.5, 0.6) is 5.75 Å². The second kappa shape index (κ2) is 7.36. The molecule has 4 nitrogen and oxygen atoms in total. The zero-order valence-electron chi connectivity index (χ0n) is 11.7. The number of amides is 1. The van der Waals surface area contributed by atoms with Crippen LogP contribution in [0.15, 0.2) is 24.3 Å². The lowest BCUT2D eigenvalue weighted by Crippen LogP contribution is -2.32. The third kappa shape index (κ3) is 4.28. The maximum Gasteiger partial charge on any atom is 0.241 e. The van der Waals surface area contributed by atoms with Gasteiger partial charge in [-0.1, -0.05) is 6.07 Å². The SMILES string of the molecule is COc1ccc(/C=C\C(N)=O)cc1CN1CCSCC1. The first kappa shape index (κ1) is 14.9. The van der Waals surface area contributed by atoms with Gasteiger partial charge in [0.05, 0.1) is 7.11 Å². The number of nitrogens with zero attached hydrogens (tertiary/aromatic N) is 1. The summed E-state index contributed by atoms with van der Waals surface area (Å²) in [5.41, 5.74) is 7.23. The molecule has 0 bridgehead atoms. The molecule has 1 amide bonds. The van der Waals surface area contributed by atoms with Crippen LogP contribution in [0.25, 0.3) is 6.08 Å². The van der Waals surface area contributed by atoms with Gasteiger partial charge in [-0.3, -0.25) is 9.69 Å². The summed E-state index contributed by atoms with van der Waals surface area (Å²) in [6.07, 6.45) is 3.11. The Hall–Kier alpha value is -1.46. The van der Waals surface area contributed by atoms with E-state index in [1.807, 2.05) is 23.9 Å². The third-order valence-electron chi connectivity index (χ3n) is 3.24. The van der Waals surface area contributed by atoms with E-state index in [-0.39, 0.29) is 0 Å². The van der Waals surface area contributed by atoms with Crippen molar-refractivity contribution in [2.75, 3.05) is 31.7 Å². The van der Waals surface area contributed by atoms with E-state index in [1.54, 1.807) is 13.2 Å². The fourth-order valence-electron chi connectivity index (χ4n) is 2.20. The number of benzene rings is 1. The molecule has 1 saturated heterocycles. The molecule has 0 atom stereocenters. The molecule has 2 rings (SSSR count). The highest BCUT2D eigenvalue weighted by Gasteiger charge is 2.13. The average molecular weight is 292 g/mol. The van der Waals surface area contributed by atoms with Crippen molar-refractivity contribution in [3.63, 3.8) is 0 Å². The summed E-state index contributed by atoms with van der Waals surface area (Å²) < 4.78 is 5.42. The molecule has 0 spiro atoms. The van der Waals surface area contributed by atoms with Crippen LogP contribution in [0.4, 0.5) is 0 Å². The van der Waals surface area contributed by atoms with Crippen LogP contribution >= 0.6 is 11.8 Å². The van der Waals surface area contributed by atoms with E-state index in [1.165, 1.54) is 17.6 Å². The Bertz CT molecular complexity index is 497. The molecule has 0 saturated carbocycles. The molecule has 1 heterocycles. The number of thioether (sulfide) groups is 1. The maximum atomic E-state index is 10.8. The van der Waals surface area contributed by atoms with Gasteiger partial charge in [-0.05, 0) is 23.8 Å². The van der Waals surface area contributed by atoms with Crippen LogP contribution in [-0.2, 0) is 11.3 Å². The molecule has 0 radical (unpaired) electrons. The average Bonchev–Trinajstić information content (AvgIpc) is 2.46. The van der Waals surface area contributed by atoms with Gasteiger partial charge >= 0.3 is 0 Å². The number of carbonyl (C=O) groups excluding carboxylic acids is 1. The molecular formula is C15H20N2O2S. The lowest BCUT2D eigenvalue weighted by molar-refractivity contribution is -0.113. The van der Waals surface area contributed by atoms with Gasteiger partial charge in [-0.25, -0.2) is 0 Å². The summed E-state index contributed by atoms with van der Waals surface area (Å²) in [7, 11) is 1.68. The molecule has 0 unspecified atom stereocenters. The van der Waals surface area contributed by atoms with E-state index in [0.717, 1.165) is 36.5 Å². The monoisotopic (exact) mass is 292 g/mol. The van der Waals surface area contributed by atoms with E-state index >= 15 is 0 Å². The Morgan fingerprint density at radius 3 is 2.85 bits per heavy atom. The highest BCUT2D eigenvalue weighted by molar-refractivity contribution is 7.99. The van der Waals surface area contributed by atoms with Crippen molar-refractivity contribution in [2.24, 2.45) is 5.73 Å². The Morgan fingerprint density at radius 2 is 2.20 bits per heavy atom. The minimum Gasteiger partial charge on any atom is -0.496 e. The van der Waals surface area contributed by atoms with Gasteiger partial charge in [0.15, 0.2) is 0 Å². The quantitative estimate of drug-likeness (QED) is 0.840. The Morgan fingerprint density at radius 1 is 1.45 bits per heavy atom. The zero-order valence-corrected chi connectivity index (χ0v) is 12.5. The highest BCUT2D eigenvalue weighted by atomic mass is 32.2. The molecular weight excluding hydrogens is 272 g/mol. The van der Waals surface area contributed by atoms with Gasteiger partial charge in [0.1, 0.15) is 5.75 Å². The molecule has 1 aliphatic rings. The van der Waals surface area contributed by atoms with E-state index in [2.05, 4.69) is 11.0 Å². The number of carbonyl (C=O) groups is 1. The number of ether oxygens (including phenoxy) is 1. The number of primary amides is 1. The predicted molar refractivity (Wildman–Crippen MR) is 83.8 cm³/mol. The van der Waals surface area contributed by atoms with Crippen molar-refractivity contribution < 1.29 is 9.53 Å². The highest BCUT2D eigenvalue weighted by Crippen LogP contribution is 2.23. The first-order chi connectivity index (χ1) is 9.69. The van der Waals surface area contributed by atoms with Crippen molar-refractivity contribution in [3.05, 3.63) is 35.4 Å². The molecule has 108 valence electrons. The van der Waals surface area contributed by atoms with E-state index in [9.17, 15) is 4.79 Å². The zero-order chi connectivity index (χ0) is 14.4. The third-order valence-corrected chi connectivity index (χ3v) is 4.18. The number of hydrogen-bond donors (Lipinski definition) is 1. The number of nitrogens with two attached hydrogens (primary N) is 1. The molecule has 0 aromatic heterocycles. The normalized spacial score (nSPS) is 16.4. The van der Waals surface area contributed by atoms with Crippen molar-refractivity contribution in [1.29, 1.82) is 0 Å². The van der Waals surface area contributed by atoms with Gasteiger partial charge in [-0.2, -0.15) is 11.8 Å². The van der Waals surface area contributed by atoms with Gasteiger partial charge in [0.2, 0.25) is 5.91 Å². The Balaban J connectivity index is 2.15. The van der Waals surface area contributed by atoms with Crippen molar-refractivity contribution in [1.82, 2.24) is 4.90 Å². The molecule has 1 aliphatic heterocycles. The summed E-state index contributed by atoms with van der Waals surface area (Å²) in [4.78, 5) is 13.2. The molecule has 1 fully saturated rings. The standard InChI is InChI=1S/C15H20N2O2S/c1-19-14-4-2-12(3-5-15(16)18)10-13(14)11-17-6-8-20-9-7-17/h2-5,10H,6-9,11H2,1H3,(H2,16,18)/b5-3-. The summed E-state index contributed by atoms with van der Waals surface area (Å²) in [5, 5.41) is 0. The first-order valence-electron chi connectivity index (χ1n) is 6.63. The molecule has 2 N–H and O–H groups in total. The molecule has 0 aliphatic carbocycles. The Labute approximate surface area is 124 Å². The number of methoxy groups -OCH3 is 1. The van der Waals surface area contributed by atoms with E-state index in [4.69, 9.17) is 10.5 Å². The minimum absolute atomic E-state index is 0.435. The minimum atomic E-state index is -0.435. The summed E-state index contributed by atoms with van der Waals surface area (Å²) in [6.45, 7) is 3.09. The van der Waals surface area contributed by atoms with Crippen LogP contribution < -0.4 is 10.5 Å². The smallest absolute Gasteiger partial charge is 0.241 e. The summed E-state index contributed by atoms with van der Waals surface area (Å²) >= 11 is 2.00. The molecule has 5 heteroatoms. The van der Waals surface area contributed by atoms with Crippen molar-refractivity contribution in [3.8, 4) is 5.75 Å². The first-order valence-corrected chi connectivity index (χ1v) is 7.79. The predicted octanol–water partition coefficient (Wildman–Crippen LogP) is 1.74. The van der Waals surface area contributed by atoms with Gasteiger partial charge in [0, 0.05) is 42.8 Å². The maximum absolute atomic E-state index is 10.8. The fraction of sp³-hybridized carbons (Fsp3) is 0.400. The van der Waals surface area contributed by atoms with Crippen LogP contribution in [0.2, 0.25) is 0 Å². The second-order valence-electron chi connectivity index (χ2n) is 4.70. The largest absolute Gasteiger partial charge is 0.496 e.